The number of halogens is 9. The highest BCUT2D eigenvalue weighted by molar-refractivity contribution is 8.09. The second kappa shape index (κ2) is 5.62. The Kier molecular flexibility index (Phi) is 5.42. The summed E-state index contributed by atoms with van der Waals surface area (Å²) in [4.78, 5) is 0. The monoisotopic (exact) mass is 426 g/mol. The molecule has 23 heavy (non-hydrogen) atoms. The normalized spacial score (nSPS) is 17.9. The summed E-state index contributed by atoms with van der Waals surface area (Å²) in [6, 6.07) is 0. The third-order valence-electron chi connectivity index (χ3n) is 1.77. The molecule has 0 rings (SSSR count). The predicted molar refractivity (Wildman–Crippen MR) is 54.3 cm³/mol. The molecule has 0 aromatic carbocycles. The van der Waals surface area contributed by atoms with Gasteiger partial charge in [0, 0.05) is 7.05 Å². The molecule has 0 aromatic rings. The smallest absolute Gasteiger partial charge is 0.222 e. The number of alkyl halides is 9. The van der Waals surface area contributed by atoms with Crippen molar-refractivity contribution < 1.29 is 60.6 Å². The van der Waals surface area contributed by atoms with Crippen LogP contribution in [0.1, 0.15) is 0 Å². The van der Waals surface area contributed by atoms with E-state index in [2.05, 4.69) is 0 Å². The van der Waals surface area contributed by atoms with Gasteiger partial charge in [0.25, 0.3) is 0 Å². The van der Waals surface area contributed by atoms with Gasteiger partial charge in [0.05, 0.1) is 0 Å². The van der Waals surface area contributed by atoms with Crippen LogP contribution in [-0.4, -0.2) is 48.3 Å². The van der Waals surface area contributed by atoms with Crippen LogP contribution in [0.3, 0.4) is 0 Å². The number of hydrogen-bond acceptors (Lipinski definition) is 5. The minimum absolute atomic E-state index is 0.686. The molecular weight excluding hydrogens is 423 g/mol. The zero-order valence-corrected chi connectivity index (χ0v) is 12.5. The summed E-state index contributed by atoms with van der Waals surface area (Å²) in [6.45, 7) is 0. The summed E-state index contributed by atoms with van der Waals surface area (Å²) >= 11 is 0. The third-order valence-corrected chi connectivity index (χ3v) is 7.71. The van der Waals surface area contributed by atoms with E-state index in [0.29, 0.717) is 0 Å². The van der Waals surface area contributed by atoms with E-state index >= 15 is 0 Å². The second-order valence-electron chi connectivity index (χ2n) is 3.30. The average molecular weight is 426 g/mol. The lowest BCUT2D eigenvalue weighted by atomic mass is 11.5. The molecule has 0 aliphatic rings. The summed E-state index contributed by atoms with van der Waals surface area (Å²) in [5.41, 5.74) is -19.8. The average Bonchev–Trinajstić information content (AvgIpc) is 2.22. The van der Waals surface area contributed by atoms with Crippen LogP contribution in [0.5, 0.6) is 0 Å². The van der Waals surface area contributed by atoms with Crippen molar-refractivity contribution in [3.05, 3.63) is 0 Å². The van der Waals surface area contributed by atoms with E-state index in [0.717, 1.165) is 3.77 Å². The van der Waals surface area contributed by atoms with Crippen LogP contribution in [0.25, 0.3) is 0 Å². The van der Waals surface area contributed by atoms with Gasteiger partial charge in [0.15, 0.2) is 0 Å². The highest BCUT2D eigenvalue weighted by atomic mass is 32.3. The molecule has 140 valence electrons. The molecule has 0 bridgehead atoms. The van der Waals surface area contributed by atoms with Gasteiger partial charge in [-0.25, -0.2) is 12.6 Å². The molecular formula is C4H3F9N2O5S3. The Bertz CT molecular complexity index is 779. The molecule has 0 aromatic heterocycles. The van der Waals surface area contributed by atoms with Gasteiger partial charge in [0.1, 0.15) is 0 Å². The first-order valence-corrected chi connectivity index (χ1v) is 8.68. The first-order valence-electron chi connectivity index (χ1n) is 4.32. The van der Waals surface area contributed by atoms with E-state index in [1.165, 1.54) is 0 Å². The van der Waals surface area contributed by atoms with Crippen LogP contribution in [0.2, 0.25) is 0 Å². The molecule has 0 N–H and O–H groups in total. The molecule has 0 radical (unpaired) electrons. The Morgan fingerprint density at radius 1 is 0.696 bits per heavy atom. The Hall–Kier alpha value is -0.820. The van der Waals surface area contributed by atoms with Gasteiger partial charge in [0.2, 0.25) is 9.92 Å². The van der Waals surface area contributed by atoms with E-state index in [1.807, 2.05) is 0 Å². The van der Waals surface area contributed by atoms with Crippen molar-refractivity contribution in [3.8, 4) is 0 Å². The minimum Gasteiger partial charge on any atom is -0.222 e. The maximum atomic E-state index is 12.5. The number of sulfonamides is 2. The summed E-state index contributed by atoms with van der Waals surface area (Å²) in [6.07, 6.45) is 0. The van der Waals surface area contributed by atoms with Gasteiger partial charge in [-0.3, -0.25) is 0 Å². The van der Waals surface area contributed by atoms with Gasteiger partial charge in [-0.2, -0.15) is 47.9 Å². The van der Waals surface area contributed by atoms with Crippen molar-refractivity contribution in [1.29, 1.82) is 0 Å². The van der Waals surface area contributed by atoms with Gasteiger partial charge in [-0.1, -0.05) is 7.48 Å². The van der Waals surface area contributed by atoms with E-state index in [1.54, 1.807) is 0 Å². The highest BCUT2D eigenvalue weighted by Gasteiger charge is 2.60. The lowest BCUT2D eigenvalue weighted by molar-refractivity contribution is -0.0503. The lowest BCUT2D eigenvalue weighted by Crippen LogP contribution is -2.47. The SMILES string of the molecule is CN(S(=O)(=O)C(F)(F)F)S(=O)(=NS(=O)(=O)C(F)(F)F)C(F)(F)F. The summed E-state index contributed by atoms with van der Waals surface area (Å²) in [5.74, 6) is 0. The van der Waals surface area contributed by atoms with Crippen molar-refractivity contribution in [1.82, 2.24) is 3.71 Å². The zero-order valence-electron chi connectivity index (χ0n) is 10.1. The maximum absolute atomic E-state index is 12.5. The highest BCUT2D eigenvalue weighted by Crippen LogP contribution is 2.37. The summed E-state index contributed by atoms with van der Waals surface area (Å²) in [5, 5.41) is 0. The van der Waals surface area contributed by atoms with Crippen LogP contribution < -0.4 is 0 Å². The Balaban J connectivity index is 6.86. The third kappa shape index (κ3) is 3.99. The van der Waals surface area contributed by atoms with Crippen molar-refractivity contribution >= 4 is 30.0 Å². The molecule has 0 saturated heterocycles. The van der Waals surface area contributed by atoms with E-state index < -0.39 is 57.2 Å². The minimum atomic E-state index is -7.23. The molecule has 0 heterocycles. The molecule has 0 aliphatic heterocycles. The molecule has 0 spiro atoms. The van der Waals surface area contributed by atoms with Gasteiger partial charge in [-0.05, 0) is 0 Å². The van der Waals surface area contributed by atoms with E-state index in [9.17, 15) is 60.6 Å². The maximum Gasteiger partial charge on any atom is 0.519 e. The number of nitrogens with zero attached hydrogens (tertiary/aromatic N) is 2. The Morgan fingerprint density at radius 2 is 1.04 bits per heavy atom. The van der Waals surface area contributed by atoms with Crippen molar-refractivity contribution in [2.45, 2.75) is 16.5 Å². The van der Waals surface area contributed by atoms with Gasteiger partial charge >= 0.3 is 36.6 Å². The van der Waals surface area contributed by atoms with Crippen molar-refractivity contribution in [2.24, 2.45) is 3.77 Å². The zero-order chi connectivity index (χ0) is 19.3. The van der Waals surface area contributed by atoms with E-state index in [4.69, 9.17) is 0 Å². The first kappa shape index (κ1) is 22.2. The topological polar surface area (TPSA) is 101 Å². The molecule has 1 unspecified atom stereocenters. The fourth-order valence-electron chi connectivity index (χ4n) is 0.689. The van der Waals surface area contributed by atoms with Crippen LogP contribution in [-0.2, 0) is 30.0 Å². The molecule has 1 atom stereocenters. The quantitative estimate of drug-likeness (QED) is 0.637. The Labute approximate surface area is 122 Å². The van der Waals surface area contributed by atoms with Crippen LogP contribution in [0.15, 0.2) is 3.77 Å². The van der Waals surface area contributed by atoms with Crippen LogP contribution in [0.4, 0.5) is 39.5 Å². The standard InChI is InChI=1S/C4H3F9N2O5S3/c1-15(23(19,20)4(11,12)13)21(16,2(5,6)7)14-22(17,18)3(8,9)10/h1H3. The van der Waals surface area contributed by atoms with Gasteiger partial charge < -0.3 is 0 Å². The lowest BCUT2D eigenvalue weighted by Gasteiger charge is -2.23. The van der Waals surface area contributed by atoms with Gasteiger partial charge in [-0.15, -0.1) is 0 Å². The second-order valence-corrected chi connectivity index (χ2v) is 9.50. The molecule has 0 fully saturated rings. The largest absolute Gasteiger partial charge is 0.519 e. The van der Waals surface area contributed by atoms with Crippen LogP contribution >= 0.6 is 0 Å². The summed E-state index contributed by atoms with van der Waals surface area (Å²) in [7, 11) is -22.3. The Morgan fingerprint density at radius 3 is 1.26 bits per heavy atom. The van der Waals surface area contributed by atoms with Crippen LogP contribution in [0, 0.1) is 0 Å². The molecule has 19 heteroatoms. The van der Waals surface area contributed by atoms with Crippen molar-refractivity contribution in [3.63, 3.8) is 0 Å². The van der Waals surface area contributed by atoms with E-state index in [-0.39, 0.29) is 0 Å². The number of rotatable bonds is 3. The molecule has 0 saturated carbocycles. The molecule has 0 amide bonds. The molecule has 7 nitrogen and oxygen atoms in total. The summed E-state index contributed by atoms with van der Waals surface area (Å²) < 4.78 is 163. The predicted octanol–water partition coefficient (Wildman–Crippen LogP) is 1.52. The number of hydrogen-bond donors (Lipinski definition) is 0. The molecule has 0 aliphatic carbocycles. The first-order chi connectivity index (χ1) is 9.61. The van der Waals surface area contributed by atoms with Crippen molar-refractivity contribution in [2.75, 3.05) is 7.05 Å². The fourth-order valence-corrected chi connectivity index (χ4v) is 5.20. The fraction of sp³-hybridized carbons (Fsp3) is 1.00.